The molecule has 1 aliphatic heterocycles. The first-order valence-electron chi connectivity index (χ1n) is 9.47. The van der Waals surface area contributed by atoms with E-state index in [1.807, 2.05) is 37.4 Å². The summed E-state index contributed by atoms with van der Waals surface area (Å²) in [6, 6.07) is 12.3. The van der Waals surface area contributed by atoms with Gasteiger partial charge in [-0.25, -0.2) is 0 Å². The standard InChI is InChI=1S/C23H25NO3/c1-15-4-6-18(7-5-15)19-14-24(9-8-21-26-10-11-27-21)20-13-16(2)12-17(3)22(20)23(19)25/h4-7,12-14,21H,8-11H2,1-3H3. The van der Waals surface area contributed by atoms with E-state index in [2.05, 4.69) is 30.5 Å². The fourth-order valence-corrected chi connectivity index (χ4v) is 3.83. The monoisotopic (exact) mass is 363 g/mol. The Morgan fingerprint density at radius 1 is 1.00 bits per heavy atom. The molecule has 1 saturated heterocycles. The van der Waals surface area contributed by atoms with Crippen LogP contribution in [0.5, 0.6) is 0 Å². The van der Waals surface area contributed by atoms with Crippen molar-refractivity contribution in [3.05, 3.63) is 69.5 Å². The third-order valence-electron chi connectivity index (χ3n) is 5.18. The van der Waals surface area contributed by atoms with Crippen LogP contribution in [0.4, 0.5) is 0 Å². The Morgan fingerprint density at radius 3 is 2.41 bits per heavy atom. The summed E-state index contributed by atoms with van der Waals surface area (Å²) >= 11 is 0. The summed E-state index contributed by atoms with van der Waals surface area (Å²) in [4.78, 5) is 13.3. The summed E-state index contributed by atoms with van der Waals surface area (Å²) in [5, 5.41) is 0.798. The van der Waals surface area contributed by atoms with E-state index in [9.17, 15) is 4.79 Å². The number of hydrogen-bond acceptors (Lipinski definition) is 3. The van der Waals surface area contributed by atoms with Crippen LogP contribution in [0.1, 0.15) is 23.1 Å². The van der Waals surface area contributed by atoms with Crippen LogP contribution in [0.3, 0.4) is 0 Å². The van der Waals surface area contributed by atoms with Crippen LogP contribution in [0, 0.1) is 20.8 Å². The second-order valence-electron chi connectivity index (χ2n) is 7.37. The van der Waals surface area contributed by atoms with Crippen LogP contribution >= 0.6 is 0 Å². The molecule has 0 aliphatic carbocycles. The molecule has 0 radical (unpaired) electrons. The average Bonchev–Trinajstić information content (AvgIpc) is 3.15. The molecule has 1 aromatic heterocycles. The van der Waals surface area contributed by atoms with Gasteiger partial charge in [-0.3, -0.25) is 4.79 Å². The first-order valence-corrected chi connectivity index (χ1v) is 9.47. The van der Waals surface area contributed by atoms with Crippen LogP contribution in [0.15, 0.2) is 47.4 Å². The molecule has 27 heavy (non-hydrogen) atoms. The molecule has 2 heterocycles. The SMILES string of the molecule is Cc1ccc(-c2cn(CCC3OCCO3)c3cc(C)cc(C)c3c2=O)cc1. The van der Waals surface area contributed by atoms with E-state index in [-0.39, 0.29) is 11.7 Å². The van der Waals surface area contributed by atoms with Crippen molar-refractivity contribution in [1.82, 2.24) is 4.57 Å². The lowest BCUT2D eigenvalue weighted by molar-refractivity contribution is -0.0488. The average molecular weight is 363 g/mol. The Labute approximate surface area is 159 Å². The van der Waals surface area contributed by atoms with Crippen molar-refractivity contribution in [2.75, 3.05) is 13.2 Å². The van der Waals surface area contributed by atoms with Gasteiger partial charge in [0.2, 0.25) is 0 Å². The van der Waals surface area contributed by atoms with Crippen LogP contribution in [0.25, 0.3) is 22.0 Å². The first kappa shape index (κ1) is 18.0. The number of benzene rings is 2. The molecule has 0 bridgehead atoms. The predicted molar refractivity (Wildman–Crippen MR) is 108 cm³/mol. The van der Waals surface area contributed by atoms with Gasteiger partial charge in [-0.2, -0.15) is 0 Å². The van der Waals surface area contributed by atoms with Gasteiger partial charge >= 0.3 is 0 Å². The third-order valence-corrected chi connectivity index (χ3v) is 5.18. The Hall–Kier alpha value is -2.43. The number of fused-ring (bicyclic) bond motifs is 1. The third kappa shape index (κ3) is 3.55. The normalized spacial score (nSPS) is 14.9. The summed E-state index contributed by atoms with van der Waals surface area (Å²) < 4.78 is 13.4. The van der Waals surface area contributed by atoms with Crippen molar-refractivity contribution >= 4 is 10.9 Å². The van der Waals surface area contributed by atoms with Crippen LogP contribution < -0.4 is 5.43 Å². The lowest BCUT2D eigenvalue weighted by atomic mass is 9.99. The summed E-state index contributed by atoms with van der Waals surface area (Å²) in [5.74, 6) is 0. The fraction of sp³-hybridized carbons (Fsp3) is 0.348. The van der Waals surface area contributed by atoms with Crippen molar-refractivity contribution in [3.63, 3.8) is 0 Å². The summed E-state index contributed by atoms with van der Waals surface area (Å²) in [7, 11) is 0. The van der Waals surface area contributed by atoms with E-state index in [1.165, 1.54) is 5.56 Å². The van der Waals surface area contributed by atoms with E-state index in [1.54, 1.807) is 0 Å². The van der Waals surface area contributed by atoms with E-state index in [0.29, 0.717) is 13.2 Å². The van der Waals surface area contributed by atoms with Gasteiger partial charge < -0.3 is 14.0 Å². The van der Waals surface area contributed by atoms with Gasteiger partial charge in [0.15, 0.2) is 11.7 Å². The molecule has 3 aromatic rings. The number of aromatic nitrogens is 1. The Kier molecular flexibility index (Phi) is 4.85. The van der Waals surface area contributed by atoms with Gasteiger partial charge in [0.25, 0.3) is 0 Å². The Balaban J connectivity index is 1.87. The van der Waals surface area contributed by atoms with Crippen molar-refractivity contribution < 1.29 is 9.47 Å². The van der Waals surface area contributed by atoms with Gasteiger partial charge in [-0.1, -0.05) is 35.9 Å². The fourth-order valence-electron chi connectivity index (χ4n) is 3.83. The number of nitrogens with zero attached hydrogens (tertiary/aromatic N) is 1. The quantitative estimate of drug-likeness (QED) is 0.692. The highest BCUT2D eigenvalue weighted by Crippen LogP contribution is 2.24. The Bertz CT molecular complexity index is 1030. The molecular weight excluding hydrogens is 338 g/mol. The maximum absolute atomic E-state index is 13.3. The van der Waals surface area contributed by atoms with Gasteiger partial charge in [0.1, 0.15) is 0 Å². The maximum Gasteiger partial charge on any atom is 0.197 e. The summed E-state index contributed by atoms with van der Waals surface area (Å²) in [5.41, 5.74) is 6.12. The van der Waals surface area contributed by atoms with Gasteiger partial charge in [-0.15, -0.1) is 0 Å². The molecular formula is C23H25NO3. The molecule has 4 heteroatoms. The zero-order valence-corrected chi connectivity index (χ0v) is 16.1. The number of hydrogen-bond donors (Lipinski definition) is 0. The lowest BCUT2D eigenvalue weighted by Gasteiger charge is -2.17. The second-order valence-corrected chi connectivity index (χ2v) is 7.37. The zero-order valence-electron chi connectivity index (χ0n) is 16.1. The van der Waals surface area contributed by atoms with E-state index in [0.717, 1.165) is 46.1 Å². The van der Waals surface area contributed by atoms with Crippen molar-refractivity contribution in [2.45, 2.75) is 40.0 Å². The summed E-state index contributed by atoms with van der Waals surface area (Å²) in [6.07, 6.45) is 2.59. The predicted octanol–water partition coefficient (Wildman–Crippen LogP) is 4.36. The highest BCUT2D eigenvalue weighted by atomic mass is 16.7. The highest BCUT2D eigenvalue weighted by molar-refractivity contribution is 5.87. The number of aryl methyl sites for hydroxylation is 4. The molecule has 1 aliphatic rings. The van der Waals surface area contributed by atoms with E-state index < -0.39 is 0 Å². The summed E-state index contributed by atoms with van der Waals surface area (Å²) in [6.45, 7) is 8.19. The first-order chi connectivity index (χ1) is 13.0. The van der Waals surface area contributed by atoms with Gasteiger partial charge in [0, 0.05) is 30.1 Å². The number of pyridine rings is 1. The second kappa shape index (κ2) is 7.29. The van der Waals surface area contributed by atoms with Crippen molar-refractivity contribution in [2.24, 2.45) is 0 Å². The maximum atomic E-state index is 13.3. The molecule has 4 rings (SSSR count). The van der Waals surface area contributed by atoms with Crippen LogP contribution in [0.2, 0.25) is 0 Å². The minimum absolute atomic E-state index is 0.0935. The molecule has 0 amide bonds. The van der Waals surface area contributed by atoms with Gasteiger partial charge in [-0.05, 0) is 43.5 Å². The minimum atomic E-state index is -0.159. The molecule has 4 nitrogen and oxygen atoms in total. The van der Waals surface area contributed by atoms with Crippen LogP contribution in [-0.2, 0) is 16.0 Å². The minimum Gasteiger partial charge on any atom is -0.350 e. The number of ether oxygens (including phenoxy) is 2. The molecule has 0 saturated carbocycles. The topological polar surface area (TPSA) is 40.5 Å². The van der Waals surface area contributed by atoms with Gasteiger partial charge in [0.05, 0.1) is 18.7 Å². The molecule has 0 unspecified atom stereocenters. The molecule has 0 N–H and O–H groups in total. The molecule has 140 valence electrons. The van der Waals surface area contributed by atoms with Crippen molar-refractivity contribution in [3.8, 4) is 11.1 Å². The lowest BCUT2D eigenvalue weighted by Crippen LogP contribution is -2.17. The zero-order chi connectivity index (χ0) is 19.0. The molecule has 2 aromatic carbocycles. The molecule has 0 atom stereocenters. The van der Waals surface area contributed by atoms with E-state index in [4.69, 9.17) is 9.47 Å². The Morgan fingerprint density at radius 2 is 1.70 bits per heavy atom. The number of rotatable bonds is 4. The highest BCUT2D eigenvalue weighted by Gasteiger charge is 2.18. The molecule has 1 fully saturated rings. The van der Waals surface area contributed by atoms with Crippen LogP contribution in [-0.4, -0.2) is 24.1 Å². The van der Waals surface area contributed by atoms with E-state index >= 15 is 0 Å². The van der Waals surface area contributed by atoms with Crippen molar-refractivity contribution in [1.29, 1.82) is 0 Å². The molecule has 0 spiro atoms. The smallest absolute Gasteiger partial charge is 0.197 e. The largest absolute Gasteiger partial charge is 0.350 e.